The largest absolute Gasteiger partial charge is 0.331 e. The molecule has 1 fully saturated rings. The highest BCUT2D eigenvalue weighted by Crippen LogP contribution is 2.41. The number of nitrogens with two attached hydrogens (primary N) is 1. The average molecular weight is 279 g/mol. The second-order valence-corrected chi connectivity index (χ2v) is 5.65. The van der Waals surface area contributed by atoms with Crippen molar-refractivity contribution < 1.29 is 8.78 Å². The van der Waals surface area contributed by atoms with E-state index in [2.05, 4.69) is 0 Å². The minimum Gasteiger partial charge on any atom is -0.331 e. The molecule has 0 aliphatic heterocycles. The molecule has 0 atom stereocenters. The summed E-state index contributed by atoms with van der Waals surface area (Å²) in [5, 5.41) is 0. The van der Waals surface area contributed by atoms with Gasteiger partial charge in [-0.15, -0.1) is 0 Å². The Morgan fingerprint density at radius 3 is 2.70 bits per heavy atom. The van der Waals surface area contributed by atoms with Crippen molar-refractivity contribution in [2.24, 2.45) is 12.8 Å². The van der Waals surface area contributed by atoms with Gasteiger partial charge in [-0.3, -0.25) is 0 Å². The van der Waals surface area contributed by atoms with Crippen molar-refractivity contribution in [3.63, 3.8) is 0 Å². The summed E-state index contributed by atoms with van der Waals surface area (Å²) in [5.41, 5.74) is 8.68. The molecule has 3 nitrogen and oxygen atoms in total. The summed E-state index contributed by atoms with van der Waals surface area (Å²) in [6.07, 6.45) is 0.930. The van der Waals surface area contributed by atoms with Crippen LogP contribution in [0, 0.1) is 0 Å². The van der Waals surface area contributed by atoms with Crippen molar-refractivity contribution in [1.29, 1.82) is 0 Å². The van der Waals surface area contributed by atoms with E-state index in [1.54, 1.807) is 0 Å². The van der Waals surface area contributed by atoms with E-state index in [-0.39, 0.29) is 18.8 Å². The summed E-state index contributed by atoms with van der Waals surface area (Å²) in [6, 6.07) is 5.93. The van der Waals surface area contributed by atoms with Crippen LogP contribution in [0.2, 0.25) is 0 Å². The van der Waals surface area contributed by atoms with Crippen LogP contribution in [0.1, 0.15) is 43.0 Å². The van der Waals surface area contributed by atoms with Crippen LogP contribution in [0.4, 0.5) is 8.78 Å². The highest BCUT2D eigenvalue weighted by atomic mass is 19.3. The lowest BCUT2D eigenvalue weighted by Crippen LogP contribution is -2.24. The van der Waals surface area contributed by atoms with Gasteiger partial charge in [0.1, 0.15) is 5.82 Å². The summed E-state index contributed by atoms with van der Waals surface area (Å²) in [7, 11) is 1.96. The van der Waals surface area contributed by atoms with E-state index in [9.17, 15) is 8.78 Å². The number of aryl methyl sites for hydroxylation is 1. The Morgan fingerprint density at radius 2 is 2.05 bits per heavy atom. The molecule has 1 aromatic carbocycles. The van der Waals surface area contributed by atoms with Crippen molar-refractivity contribution in [1.82, 2.24) is 9.55 Å². The van der Waals surface area contributed by atoms with Crippen LogP contribution in [0.3, 0.4) is 0 Å². The van der Waals surface area contributed by atoms with Gasteiger partial charge in [0, 0.05) is 32.4 Å². The van der Waals surface area contributed by atoms with Gasteiger partial charge in [-0.2, -0.15) is 0 Å². The lowest BCUT2D eigenvalue weighted by Gasteiger charge is -2.27. The zero-order chi connectivity index (χ0) is 14.3. The molecule has 1 aliphatic carbocycles. The van der Waals surface area contributed by atoms with Crippen LogP contribution in [0.25, 0.3) is 11.0 Å². The molecule has 1 saturated carbocycles. The van der Waals surface area contributed by atoms with Gasteiger partial charge in [-0.25, -0.2) is 13.8 Å². The molecule has 0 radical (unpaired) electrons. The van der Waals surface area contributed by atoms with Crippen molar-refractivity contribution in [3.8, 4) is 0 Å². The predicted octanol–water partition coefficient (Wildman–Crippen LogP) is 3.32. The average Bonchev–Trinajstić information content (AvgIpc) is 2.76. The number of rotatable bonds is 2. The topological polar surface area (TPSA) is 43.8 Å². The molecule has 1 aromatic heterocycles. The Bertz CT molecular complexity index is 623. The van der Waals surface area contributed by atoms with Crippen LogP contribution in [0.15, 0.2) is 18.2 Å². The number of imidazole rings is 1. The summed E-state index contributed by atoms with van der Waals surface area (Å²) in [4.78, 5) is 4.69. The number of benzene rings is 1. The second kappa shape index (κ2) is 4.81. The normalized spacial score (nSPS) is 19.6. The summed E-state index contributed by atoms with van der Waals surface area (Å²) < 4.78 is 28.6. The number of hydrogen-bond acceptors (Lipinski definition) is 2. The molecule has 1 heterocycles. The van der Waals surface area contributed by atoms with Gasteiger partial charge in [0.25, 0.3) is 0 Å². The number of para-hydroxylation sites is 1. The van der Waals surface area contributed by atoms with Gasteiger partial charge in [0.05, 0.1) is 11.0 Å². The first-order chi connectivity index (χ1) is 9.52. The molecule has 0 spiro atoms. The standard InChI is InChI=1S/C15H19F2N3/c1-20-12-4-2-3-11(9-18)13(12)19-14(20)10-5-7-15(16,17)8-6-10/h2-4,10H,5-9,18H2,1H3. The third-order valence-electron chi connectivity index (χ3n) is 4.33. The van der Waals surface area contributed by atoms with Gasteiger partial charge >= 0.3 is 0 Å². The van der Waals surface area contributed by atoms with Crippen molar-refractivity contribution >= 4 is 11.0 Å². The number of aromatic nitrogens is 2. The molecule has 3 rings (SSSR count). The molecule has 0 unspecified atom stereocenters. The molecule has 5 heteroatoms. The summed E-state index contributed by atoms with van der Waals surface area (Å²) in [5.74, 6) is -1.46. The second-order valence-electron chi connectivity index (χ2n) is 5.65. The molecule has 0 saturated heterocycles. The number of nitrogens with zero attached hydrogens (tertiary/aromatic N) is 2. The minimum atomic E-state index is -2.50. The third kappa shape index (κ3) is 2.20. The number of alkyl halides is 2. The molecule has 0 amide bonds. The summed E-state index contributed by atoms with van der Waals surface area (Å²) >= 11 is 0. The molecule has 2 N–H and O–H groups in total. The molecule has 0 bridgehead atoms. The van der Waals surface area contributed by atoms with Gasteiger partial charge < -0.3 is 10.3 Å². The highest BCUT2D eigenvalue weighted by Gasteiger charge is 2.36. The van der Waals surface area contributed by atoms with Gasteiger partial charge in [0.15, 0.2) is 0 Å². The van der Waals surface area contributed by atoms with Crippen LogP contribution in [-0.2, 0) is 13.6 Å². The van der Waals surface area contributed by atoms with Crippen LogP contribution < -0.4 is 5.73 Å². The van der Waals surface area contributed by atoms with Gasteiger partial charge in [-0.05, 0) is 24.5 Å². The van der Waals surface area contributed by atoms with Crippen LogP contribution >= 0.6 is 0 Å². The SMILES string of the molecule is Cn1c(C2CCC(F)(F)CC2)nc2c(CN)cccc21. The number of hydrogen-bond donors (Lipinski definition) is 1. The number of halogens is 2. The fourth-order valence-corrected chi connectivity index (χ4v) is 3.12. The van der Waals surface area contributed by atoms with Crippen molar-refractivity contribution in [2.75, 3.05) is 0 Å². The Morgan fingerprint density at radius 1 is 1.35 bits per heavy atom. The lowest BCUT2D eigenvalue weighted by molar-refractivity contribution is -0.0389. The molecule has 2 aromatic rings. The molecule has 1 aliphatic rings. The first kappa shape index (κ1) is 13.5. The Hall–Kier alpha value is -1.49. The van der Waals surface area contributed by atoms with Crippen molar-refractivity contribution in [2.45, 2.75) is 44.1 Å². The third-order valence-corrected chi connectivity index (χ3v) is 4.33. The van der Waals surface area contributed by atoms with E-state index in [0.29, 0.717) is 19.4 Å². The fourth-order valence-electron chi connectivity index (χ4n) is 3.12. The Labute approximate surface area is 116 Å². The van der Waals surface area contributed by atoms with Gasteiger partial charge in [-0.1, -0.05) is 12.1 Å². The maximum Gasteiger partial charge on any atom is 0.248 e. The fraction of sp³-hybridized carbons (Fsp3) is 0.533. The van der Waals surface area contributed by atoms with E-state index in [4.69, 9.17) is 10.7 Å². The predicted molar refractivity (Wildman–Crippen MR) is 74.8 cm³/mol. The molecular weight excluding hydrogens is 260 g/mol. The monoisotopic (exact) mass is 279 g/mol. The van der Waals surface area contributed by atoms with Crippen LogP contribution in [0.5, 0.6) is 0 Å². The lowest BCUT2D eigenvalue weighted by atomic mass is 9.86. The van der Waals surface area contributed by atoms with E-state index in [1.807, 2.05) is 29.8 Å². The van der Waals surface area contributed by atoms with E-state index in [1.165, 1.54) is 0 Å². The van der Waals surface area contributed by atoms with E-state index < -0.39 is 5.92 Å². The van der Waals surface area contributed by atoms with E-state index >= 15 is 0 Å². The van der Waals surface area contributed by atoms with E-state index in [0.717, 1.165) is 22.4 Å². The Kier molecular flexibility index (Phi) is 3.24. The quantitative estimate of drug-likeness (QED) is 0.916. The molecule has 20 heavy (non-hydrogen) atoms. The summed E-state index contributed by atoms with van der Waals surface area (Å²) in [6.45, 7) is 0.441. The van der Waals surface area contributed by atoms with Crippen LogP contribution in [-0.4, -0.2) is 15.5 Å². The highest BCUT2D eigenvalue weighted by molar-refractivity contribution is 5.79. The molecule has 108 valence electrons. The Balaban J connectivity index is 1.99. The maximum atomic E-state index is 13.3. The molecular formula is C15H19F2N3. The first-order valence-corrected chi connectivity index (χ1v) is 7.04. The minimum absolute atomic E-state index is 0.0371. The number of fused-ring (bicyclic) bond motifs is 1. The first-order valence-electron chi connectivity index (χ1n) is 7.04. The maximum absolute atomic E-state index is 13.3. The zero-order valence-corrected chi connectivity index (χ0v) is 11.6. The zero-order valence-electron chi connectivity index (χ0n) is 11.6. The van der Waals surface area contributed by atoms with Crippen molar-refractivity contribution in [3.05, 3.63) is 29.6 Å². The smallest absolute Gasteiger partial charge is 0.248 e. The van der Waals surface area contributed by atoms with Gasteiger partial charge in [0.2, 0.25) is 5.92 Å².